The van der Waals surface area contributed by atoms with Crippen molar-refractivity contribution < 1.29 is 31.6 Å². The van der Waals surface area contributed by atoms with E-state index in [1.807, 2.05) is 49.4 Å². The molecule has 2 atom stereocenters. The second-order valence-corrected chi connectivity index (χ2v) is 16.9. The van der Waals surface area contributed by atoms with Gasteiger partial charge in [-0.3, -0.25) is 4.55 Å². The molecule has 2 unspecified atom stereocenters. The van der Waals surface area contributed by atoms with Crippen LogP contribution >= 0.6 is 0 Å². The van der Waals surface area contributed by atoms with Crippen molar-refractivity contribution in [3.63, 3.8) is 0 Å². The van der Waals surface area contributed by atoms with E-state index >= 15 is 0 Å². The number of benzene rings is 2. The minimum absolute atomic E-state index is 0.0748. The second kappa shape index (κ2) is 12.6. The van der Waals surface area contributed by atoms with Gasteiger partial charge in [0.25, 0.3) is 10.1 Å². The molecule has 0 saturated carbocycles. The number of rotatable bonds is 13. The van der Waals surface area contributed by atoms with Crippen molar-refractivity contribution in [2.24, 2.45) is 0 Å². The van der Waals surface area contributed by atoms with E-state index in [1.165, 1.54) is 0 Å². The molecule has 0 spiro atoms. The van der Waals surface area contributed by atoms with Crippen LogP contribution in [0.2, 0.25) is 18.1 Å². The quantitative estimate of drug-likeness (QED) is 0.248. The first kappa shape index (κ1) is 30.3. The summed E-state index contributed by atoms with van der Waals surface area (Å²) in [5.74, 6) is 0.859. The first-order valence-corrected chi connectivity index (χ1v) is 16.7. The molecule has 1 N–H and O–H groups in total. The van der Waals surface area contributed by atoms with E-state index in [-0.39, 0.29) is 11.5 Å². The third kappa shape index (κ3) is 8.59. The molecule has 2 aromatic rings. The summed E-state index contributed by atoms with van der Waals surface area (Å²) >= 11 is 0. The molecule has 2 aromatic carbocycles. The van der Waals surface area contributed by atoms with Gasteiger partial charge in [-0.05, 0) is 61.2 Å². The maximum atomic E-state index is 11.7. The molecular weight excluding hydrogens is 496 g/mol. The van der Waals surface area contributed by atoms with Crippen LogP contribution in [-0.2, 0) is 25.7 Å². The van der Waals surface area contributed by atoms with Gasteiger partial charge in [0.1, 0.15) is 11.5 Å². The zero-order valence-electron chi connectivity index (χ0n) is 22.8. The zero-order chi connectivity index (χ0) is 27.1. The van der Waals surface area contributed by atoms with E-state index in [4.69, 9.17) is 18.6 Å². The van der Waals surface area contributed by atoms with Gasteiger partial charge in [0.15, 0.2) is 8.32 Å². The molecule has 0 heterocycles. The van der Waals surface area contributed by atoms with Crippen LogP contribution < -0.4 is 9.47 Å². The molecule has 0 fully saturated rings. The predicted molar refractivity (Wildman–Crippen MR) is 146 cm³/mol. The van der Waals surface area contributed by atoms with Crippen molar-refractivity contribution in [2.75, 3.05) is 26.6 Å². The average molecular weight is 539 g/mol. The lowest BCUT2D eigenvalue weighted by atomic mass is 9.99. The minimum Gasteiger partial charge on any atom is -0.496 e. The summed E-state index contributed by atoms with van der Waals surface area (Å²) in [5.41, 5.74) is 2.75. The SMILES string of the molecule is COc1cc(C(O[Si](C)(C)C(C)(C)C)C(CCS(=O)(=O)O)OCCc2ccccc2)cc(OC)c1C. The molecule has 2 rings (SSSR count). The summed E-state index contributed by atoms with van der Waals surface area (Å²) in [7, 11) is -3.33. The van der Waals surface area contributed by atoms with E-state index in [2.05, 4.69) is 33.9 Å². The fraction of sp³-hybridized carbons (Fsp3) is 0.556. The Hall–Kier alpha value is -1.91. The highest BCUT2D eigenvalue weighted by Crippen LogP contribution is 2.43. The molecule has 0 saturated heterocycles. The van der Waals surface area contributed by atoms with Crippen molar-refractivity contribution in [3.8, 4) is 11.5 Å². The van der Waals surface area contributed by atoms with E-state index in [9.17, 15) is 13.0 Å². The molecule has 0 aliphatic rings. The topological polar surface area (TPSA) is 91.3 Å². The highest BCUT2D eigenvalue weighted by Gasteiger charge is 2.42. The lowest BCUT2D eigenvalue weighted by Crippen LogP contribution is -2.44. The summed E-state index contributed by atoms with van der Waals surface area (Å²) in [6.07, 6.45) is -0.476. The molecule has 0 radical (unpaired) electrons. The molecule has 0 aliphatic carbocycles. The van der Waals surface area contributed by atoms with Gasteiger partial charge >= 0.3 is 0 Å². The van der Waals surface area contributed by atoms with Crippen LogP contribution in [0.25, 0.3) is 0 Å². The molecule has 0 amide bonds. The third-order valence-corrected chi connectivity index (χ3v) is 12.1. The van der Waals surface area contributed by atoms with Crippen molar-refractivity contribution >= 4 is 18.4 Å². The Kier molecular flexibility index (Phi) is 10.6. The first-order chi connectivity index (χ1) is 16.7. The van der Waals surface area contributed by atoms with Crippen LogP contribution in [0.4, 0.5) is 0 Å². The molecule has 36 heavy (non-hydrogen) atoms. The molecule has 202 valence electrons. The summed E-state index contributed by atoms with van der Waals surface area (Å²) in [6, 6.07) is 13.7. The number of methoxy groups -OCH3 is 2. The van der Waals surface area contributed by atoms with Crippen LogP contribution in [0, 0.1) is 6.92 Å². The highest BCUT2D eigenvalue weighted by molar-refractivity contribution is 7.85. The normalized spacial score (nSPS) is 14.4. The second-order valence-electron chi connectivity index (χ2n) is 10.6. The zero-order valence-corrected chi connectivity index (χ0v) is 24.6. The van der Waals surface area contributed by atoms with Gasteiger partial charge < -0.3 is 18.6 Å². The Morgan fingerprint density at radius 2 is 1.56 bits per heavy atom. The van der Waals surface area contributed by atoms with Crippen LogP contribution in [0.5, 0.6) is 11.5 Å². The van der Waals surface area contributed by atoms with Crippen LogP contribution in [0.1, 0.15) is 50.0 Å². The number of hydrogen-bond acceptors (Lipinski definition) is 6. The lowest BCUT2D eigenvalue weighted by molar-refractivity contribution is -0.0332. The van der Waals surface area contributed by atoms with E-state index in [0.717, 1.165) is 16.7 Å². The van der Waals surface area contributed by atoms with Crippen molar-refractivity contribution in [1.29, 1.82) is 0 Å². The van der Waals surface area contributed by atoms with Gasteiger partial charge in [-0.25, -0.2) is 0 Å². The molecule has 0 aliphatic heterocycles. The summed E-state index contributed by atoms with van der Waals surface area (Å²) < 4.78 is 57.4. The van der Waals surface area contributed by atoms with Crippen LogP contribution in [0.15, 0.2) is 42.5 Å². The Morgan fingerprint density at radius 3 is 2.03 bits per heavy atom. The van der Waals surface area contributed by atoms with Crippen molar-refractivity contribution in [3.05, 3.63) is 59.2 Å². The van der Waals surface area contributed by atoms with Gasteiger partial charge in [0.2, 0.25) is 0 Å². The Balaban J connectivity index is 2.52. The maximum absolute atomic E-state index is 11.7. The monoisotopic (exact) mass is 538 g/mol. The molecule has 7 nitrogen and oxygen atoms in total. The van der Waals surface area contributed by atoms with Gasteiger partial charge in [-0.1, -0.05) is 51.1 Å². The predicted octanol–water partition coefficient (Wildman–Crippen LogP) is 5.98. The fourth-order valence-corrected chi connectivity index (χ4v) is 5.49. The lowest BCUT2D eigenvalue weighted by Gasteiger charge is -2.41. The van der Waals surface area contributed by atoms with E-state index in [1.54, 1.807) is 14.2 Å². The van der Waals surface area contributed by atoms with Gasteiger partial charge in [0, 0.05) is 5.56 Å². The van der Waals surface area contributed by atoms with Crippen molar-refractivity contribution in [1.82, 2.24) is 0 Å². The highest BCUT2D eigenvalue weighted by atomic mass is 32.2. The van der Waals surface area contributed by atoms with E-state index < -0.39 is 36.4 Å². The van der Waals surface area contributed by atoms with Crippen LogP contribution in [0.3, 0.4) is 0 Å². The van der Waals surface area contributed by atoms with E-state index in [0.29, 0.717) is 24.5 Å². The van der Waals surface area contributed by atoms with Gasteiger partial charge in [-0.15, -0.1) is 0 Å². The molecule has 0 bridgehead atoms. The van der Waals surface area contributed by atoms with Gasteiger partial charge in [-0.2, -0.15) is 8.42 Å². The number of ether oxygens (including phenoxy) is 3. The van der Waals surface area contributed by atoms with Gasteiger partial charge in [0.05, 0.1) is 38.8 Å². The Labute approximate surface area is 218 Å². The summed E-state index contributed by atoms with van der Waals surface area (Å²) in [6.45, 7) is 13.0. The summed E-state index contributed by atoms with van der Waals surface area (Å²) in [5, 5.41) is -0.0955. The molecular formula is C27H42O7SSi. The largest absolute Gasteiger partial charge is 0.496 e. The first-order valence-electron chi connectivity index (χ1n) is 12.2. The summed E-state index contributed by atoms with van der Waals surface area (Å²) in [4.78, 5) is 0. The average Bonchev–Trinajstić information content (AvgIpc) is 2.79. The fourth-order valence-electron chi connectivity index (χ4n) is 3.68. The number of hydrogen-bond donors (Lipinski definition) is 1. The molecule has 9 heteroatoms. The van der Waals surface area contributed by atoms with Crippen LogP contribution in [-0.4, -0.2) is 54.0 Å². The minimum atomic E-state index is -4.19. The Morgan fingerprint density at radius 1 is 1.00 bits per heavy atom. The Bertz CT molecular complexity index is 1050. The maximum Gasteiger partial charge on any atom is 0.264 e. The molecule has 0 aromatic heterocycles. The standard InChI is InChI=1S/C27H42O7SSi/c1-20-24(31-5)18-22(19-25(20)32-6)26(34-36(7,8)27(2,3)4)23(15-17-35(28,29)30)33-16-14-21-12-10-9-11-13-21/h9-13,18-19,23,26H,14-17H2,1-8H3,(H,28,29,30). The smallest absolute Gasteiger partial charge is 0.264 e. The third-order valence-electron chi connectivity index (χ3n) is 6.89. The van der Waals surface area contributed by atoms with Crippen molar-refractivity contribution in [2.45, 2.75) is 70.9 Å².